The summed E-state index contributed by atoms with van der Waals surface area (Å²) >= 11 is 0. The highest BCUT2D eigenvalue weighted by Crippen LogP contribution is 2.45. The molecule has 1 heterocycles. The second kappa shape index (κ2) is 16.7. The number of hydrogen-bond acceptors (Lipinski definition) is 3. The average molecular weight is 839 g/mol. The highest BCUT2D eigenvalue weighted by molar-refractivity contribution is 6.14. The molecule has 0 aliphatic rings. The van der Waals surface area contributed by atoms with Gasteiger partial charge in [-0.3, -0.25) is 0 Å². The smallest absolute Gasteiger partial charge is 0.136 e. The fourth-order valence-electron chi connectivity index (χ4n) is 9.48. The molecule has 3 heteroatoms. The van der Waals surface area contributed by atoms with Crippen molar-refractivity contribution in [2.75, 3.05) is 9.80 Å². The molecule has 3 nitrogen and oxygen atoms in total. The summed E-state index contributed by atoms with van der Waals surface area (Å²) in [6.45, 7) is 9.02. The third-order valence-electron chi connectivity index (χ3n) is 12.9. The van der Waals surface area contributed by atoms with Gasteiger partial charge in [-0.25, -0.2) is 0 Å². The van der Waals surface area contributed by atoms with Crippen LogP contribution in [0.4, 0.5) is 34.1 Å². The fourth-order valence-corrected chi connectivity index (χ4v) is 9.48. The largest absolute Gasteiger partial charge is 0.456 e. The van der Waals surface area contributed by atoms with Gasteiger partial charge in [0.2, 0.25) is 0 Å². The number of anilines is 6. The summed E-state index contributed by atoms with van der Waals surface area (Å²) < 4.78 is 6.82. The molecule has 0 saturated carbocycles. The second-order valence-electron chi connectivity index (χ2n) is 17.8. The molecule has 0 saturated heterocycles. The quantitative estimate of drug-likeness (QED) is 0.137. The highest BCUT2D eigenvalue weighted by atomic mass is 16.3. The van der Waals surface area contributed by atoms with Gasteiger partial charge in [0.15, 0.2) is 0 Å². The molecule has 0 fully saturated rings. The molecule has 0 radical (unpaired) electrons. The molecular weight excluding hydrogens is 789 g/mol. The number of furan rings is 1. The standard InChI is InChI=1S/C62H50N2O/c1-41(2)45-21-15-23-51(33-45)63(59-27-13-11-25-55(59)43-17-7-5-8-18-43)53-31-29-47-37-57-58-38-48-30-32-54(36-50(48)40-62(58)65-61(57)39-49(47)35-53)64(52-24-16-22-46(34-52)42(3)4)60-28-14-12-26-56(60)44-19-9-6-10-20-44/h5-42H,1-4H3. The van der Waals surface area contributed by atoms with Gasteiger partial charge in [0, 0.05) is 44.6 Å². The molecule has 0 unspecified atom stereocenters. The Balaban J connectivity index is 1.04. The van der Waals surface area contributed by atoms with Crippen molar-refractivity contribution in [3.8, 4) is 22.3 Å². The third kappa shape index (κ3) is 7.49. The first-order valence-corrected chi connectivity index (χ1v) is 22.8. The molecular formula is C62H50N2O. The normalized spacial score (nSPS) is 11.7. The Hall–Kier alpha value is -7.88. The van der Waals surface area contributed by atoms with Crippen LogP contribution in [0.3, 0.4) is 0 Å². The lowest BCUT2D eigenvalue weighted by Crippen LogP contribution is -2.11. The van der Waals surface area contributed by atoms with E-state index >= 15 is 0 Å². The lowest BCUT2D eigenvalue weighted by atomic mass is 9.98. The van der Waals surface area contributed by atoms with Crippen LogP contribution in [0.15, 0.2) is 223 Å². The highest BCUT2D eigenvalue weighted by Gasteiger charge is 2.21. The number of benzene rings is 10. The molecule has 0 atom stereocenters. The summed E-state index contributed by atoms with van der Waals surface area (Å²) in [5, 5.41) is 6.82. The SMILES string of the molecule is CC(C)c1cccc(N(c2ccc3cc4c(cc3c2)oc2cc3cc(N(c5cccc(C(C)C)c5)c5ccccc5-c5ccccc5)ccc3cc24)c2ccccc2-c2ccccc2)c1. The van der Waals surface area contributed by atoms with Gasteiger partial charge in [0.1, 0.15) is 11.2 Å². The predicted octanol–water partition coefficient (Wildman–Crippen LogP) is 18.4. The second-order valence-corrected chi connectivity index (χ2v) is 17.8. The average Bonchev–Trinajstić information content (AvgIpc) is 3.69. The van der Waals surface area contributed by atoms with Gasteiger partial charge >= 0.3 is 0 Å². The minimum atomic E-state index is 0.402. The first-order chi connectivity index (χ1) is 31.9. The van der Waals surface area contributed by atoms with Crippen LogP contribution in [0.5, 0.6) is 0 Å². The van der Waals surface area contributed by atoms with Gasteiger partial charge in [0.05, 0.1) is 11.4 Å². The zero-order chi connectivity index (χ0) is 44.0. The molecule has 0 aliphatic carbocycles. The molecule has 0 bridgehead atoms. The van der Waals surface area contributed by atoms with E-state index in [1.165, 1.54) is 44.2 Å². The molecule has 314 valence electrons. The minimum absolute atomic E-state index is 0.402. The van der Waals surface area contributed by atoms with Crippen LogP contribution in [0, 0.1) is 0 Å². The summed E-state index contributed by atoms with van der Waals surface area (Å²) in [6.07, 6.45) is 0. The van der Waals surface area contributed by atoms with Crippen molar-refractivity contribution in [2.45, 2.75) is 39.5 Å². The van der Waals surface area contributed by atoms with E-state index in [9.17, 15) is 0 Å². The van der Waals surface area contributed by atoms with E-state index in [1.54, 1.807) is 0 Å². The zero-order valence-electron chi connectivity index (χ0n) is 37.2. The van der Waals surface area contributed by atoms with Crippen molar-refractivity contribution in [2.24, 2.45) is 0 Å². The van der Waals surface area contributed by atoms with E-state index in [-0.39, 0.29) is 0 Å². The zero-order valence-corrected chi connectivity index (χ0v) is 37.2. The number of hydrogen-bond donors (Lipinski definition) is 0. The van der Waals surface area contributed by atoms with Gasteiger partial charge < -0.3 is 14.2 Å². The Morgan fingerprint density at radius 1 is 0.323 bits per heavy atom. The van der Waals surface area contributed by atoms with E-state index in [0.29, 0.717) is 11.8 Å². The first-order valence-electron chi connectivity index (χ1n) is 22.8. The van der Waals surface area contributed by atoms with Gasteiger partial charge in [0.25, 0.3) is 0 Å². The molecule has 11 rings (SSSR count). The van der Waals surface area contributed by atoms with Crippen molar-refractivity contribution < 1.29 is 4.42 Å². The molecule has 11 aromatic rings. The third-order valence-corrected chi connectivity index (χ3v) is 12.9. The van der Waals surface area contributed by atoms with Gasteiger partial charge in [-0.1, -0.05) is 161 Å². The molecule has 0 amide bonds. The molecule has 10 aromatic carbocycles. The van der Waals surface area contributed by atoms with Crippen molar-refractivity contribution in [3.05, 3.63) is 230 Å². The fraction of sp³-hybridized carbons (Fsp3) is 0.0968. The van der Waals surface area contributed by atoms with Crippen LogP contribution in [0.1, 0.15) is 50.7 Å². The van der Waals surface area contributed by atoms with Crippen LogP contribution in [-0.4, -0.2) is 0 Å². The van der Waals surface area contributed by atoms with Crippen molar-refractivity contribution in [1.82, 2.24) is 0 Å². The number of rotatable bonds is 10. The van der Waals surface area contributed by atoms with Crippen LogP contribution in [0.25, 0.3) is 65.7 Å². The van der Waals surface area contributed by atoms with Crippen LogP contribution >= 0.6 is 0 Å². The lowest BCUT2D eigenvalue weighted by molar-refractivity contribution is 0.670. The van der Waals surface area contributed by atoms with E-state index in [4.69, 9.17) is 4.42 Å². The van der Waals surface area contributed by atoms with Crippen LogP contribution < -0.4 is 9.80 Å². The van der Waals surface area contributed by atoms with E-state index in [2.05, 4.69) is 256 Å². The van der Waals surface area contributed by atoms with Crippen molar-refractivity contribution in [3.63, 3.8) is 0 Å². The number of nitrogens with zero attached hydrogens (tertiary/aromatic N) is 2. The molecule has 65 heavy (non-hydrogen) atoms. The van der Waals surface area contributed by atoms with Gasteiger partial charge in [-0.2, -0.15) is 0 Å². The maximum Gasteiger partial charge on any atom is 0.136 e. The monoisotopic (exact) mass is 838 g/mol. The lowest BCUT2D eigenvalue weighted by Gasteiger charge is -2.29. The summed E-state index contributed by atoms with van der Waals surface area (Å²) in [5.41, 5.74) is 15.8. The summed E-state index contributed by atoms with van der Waals surface area (Å²) in [7, 11) is 0. The maximum absolute atomic E-state index is 6.82. The van der Waals surface area contributed by atoms with Crippen LogP contribution in [0.2, 0.25) is 0 Å². The molecule has 0 spiro atoms. The Bertz CT molecular complexity index is 3280. The Morgan fingerprint density at radius 2 is 0.723 bits per heavy atom. The maximum atomic E-state index is 6.82. The minimum Gasteiger partial charge on any atom is -0.456 e. The van der Waals surface area contributed by atoms with E-state index in [1.807, 2.05) is 0 Å². The topological polar surface area (TPSA) is 19.6 Å². The molecule has 1 aromatic heterocycles. The van der Waals surface area contributed by atoms with Gasteiger partial charge in [-0.05, 0) is 141 Å². The van der Waals surface area contributed by atoms with E-state index in [0.717, 1.165) is 66.8 Å². The van der Waals surface area contributed by atoms with E-state index < -0.39 is 0 Å². The predicted molar refractivity (Wildman–Crippen MR) is 277 cm³/mol. The Kier molecular flexibility index (Phi) is 10.2. The summed E-state index contributed by atoms with van der Waals surface area (Å²) in [4.78, 5) is 4.81. The Labute approximate surface area is 381 Å². The number of para-hydroxylation sites is 2. The van der Waals surface area contributed by atoms with Crippen molar-refractivity contribution in [1.29, 1.82) is 0 Å². The van der Waals surface area contributed by atoms with Crippen molar-refractivity contribution >= 4 is 77.6 Å². The van der Waals surface area contributed by atoms with Crippen LogP contribution in [-0.2, 0) is 0 Å². The Morgan fingerprint density at radius 3 is 1.15 bits per heavy atom. The molecule has 0 aliphatic heterocycles. The summed E-state index contributed by atoms with van der Waals surface area (Å²) in [5.74, 6) is 0.805. The van der Waals surface area contributed by atoms with Gasteiger partial charge in [-0.15, -0.1) is 0 Å². The summed E-state index contributed by atoms with van der Waals surface area (Å²) in [6, 6.07) is 79.4. The molecule has 0 N–H and O–H groups in total. The first kappa shape index (κ1) is 39.9. The number of fused-ring (bicyclic) bond motifs is 5.